The summed E-state index contributed by atoms with van der Waals surface area (Å²) in [5, 5.41) is 14.6. The molecule has 3 heterocycles. The maximum absolute atomic E-state index is 4.40. The lowest BCUT2D eigenvalue weighted by Crippen LogP contribution is -2.61. The molecule has 0 saturated carbocycles. The number of nitrogens with one attached hydrogen (secondary N) is 1. The summed E-state index contributed by atoms with van der Waals surface area (Å²) in [4.78, 5) is 2.40. The lowest BCUT2D eigenvalue weighted by molar-refractivity contribution is 0.164. The first-order valence-corrected chi connectivity index (χ1v) is 8.51. The predicted octanol–water partition coefficient (Wildman–Crippen LogP) is 2.46. The topological polar surface area (TPSA) is 41.1 Å². The van der Waals surface area contributed by atoms with E-state index in [-0.39, 0.29) is 0 Å². The number of hydrogen-bond acceptors (Lipinski definition) is 5. The molecule has 0 amide bonds. The molecule has 0 radical (unpaired) electrons. The van der Waals surface area contributed by atoms with E-state index in [0.717, 1.165) is 29.6 Å². The van der Waals surface area contributed by atoms with E-state index in [1.807, 2.05) is 6.07 Å². The van der Waals surface area contributed by atoms with Crippen LogP contribution in [0.25, 0.3) is 0 Å². The van der Waals surface area contributed by atoms with Gasteiger partial charge in [0, 0.05) is 25.0 Å². The predicted molar refractivity (Wildman–Crippen MR) is 86.0 cm³/mol. The third-order valence-electron chi connectivity index (χ3n) is 4.75. The molecule has 1 N–H and O–H groups in total. The average Bonchev–Trinajstić information content (AvgIpc) is 2.95. The van der Waals surface area contributed by atoms with Crippen molar-refractivity contribution in [3.05, 3.63) is 40.9 Å². The van der Waals surface area contributed by atoms with E-state index in [0.29, 0.717) is 5.54 Å². The fraction of sp³-hybridized carbons (Fsp3) is 0.500. The summed E-state index contributed by atoms with van der Waals surface area (Å²) in [6.45, 7) is 3.40. The van der Waals surface area contributed by atoms with E-state index in [1.165, 1.54) is 31.4 Å². The third-order valence-corrected chi connectivity index (χ3v) is 5.73. The molecule has 2 aliphatic rings. The number of anilines is 1. The lowest BCUT2D eigenvalue weighted by atomic mass is 9.79. The molecule has 1 aromatic carbocycles. The van der Waals surface area contributed by atoms with Crippen molar-refractivity contribution in [2.24, 2.45) is 0 Å². The standard InChI is InChI=1S/C16H20N4S/c1-2-4-13(5-3-1)12-14-18-19-15(21-14)20-10-7-16(8-11-20)6-9-17-16/h1-5,17H,6-12H2. The number of piperidine rings is 1. The number of nitrogens with zero attached hydrogens (tertiary/aromatic N) is 3. The van der Waals surface area contributed by atoms with Crippen molar-refractivity contribution in [1.29, 1.82) is 0 Å². The van der Waals surface area contributed by atoms with Gasteiger partial charge in [-0.1, -0.05) is 41.7 Å². The summed E-state index contributed by atoms with van der Waals surface area (Å²) in [6, 6.07) is 10.5. The van der Waals surface area contributed by atoms with Crippen molar-refractivity contribution in [1.82, 2.24) is 15.5 Å². The summed E-state index contributed by atoms with van der Waals surface area (Å²) >= 11 is 1.74. The molecule has 21 heavy (non-hydrogen) atoms. The minimum atomic E-state index is 0.452. The Morgan fingerprint density at radius 3 is 2.52 bits per heavy atom. The van der Waals surface area contributed by atoms with Crippen LogP contribution >= 0.6 is 11.3 Å². The van der Waals surface area contributed by atoms with Crippen molar-refractivity contribution < 1.29 is 0 Å². The highest BCUT2D eigenvalue weighted by atomic mass is 32.1. The first-order valence-electron chi connectivity index (χ1n) is 7.69. The van der Waals surface area contributed by atoms with E-state index in [2.05, 4.69) is 44.7 Å². The fourth-order valence-corrected chi connectivity index (χ4v) is 4.17. The summed E-state index contributed by atoms with van der Waals surface area (Å²) < 4.78 is 0. The van der Waals surface area contributed by atoms with Crippen LogP contribution in [-0.4, -0.2) is 35.4 Å². The monoisotopic (exact) mass is 300 g/mol. The summed E-state index contributed by atoms with van der Waals surface area (Å²) in [5.41, 5.74) is 1.75. The number of rotatable bonds is 3. The van der Waals surface area contributed by atoms with Gasteiger partial charge in [0.1, 0.15) is 5.01 Å². The quantitative estimate of drug-likeness (QED) is 0.945. The van der Waals surface area contributed by atoms with Gasteiger partial charge in [0.05, 0.1) is 0 Å². The second kappa shape index (κ2) is 5.39. The Balaban J connectivity index is 1.40. The van der Waals surface area contributed by atoms with Gasteiger partial charge in [0.2, 0.25) is 5.13 Å². The lowest BCUT2D eigenvalue weighted by Gasteiger charge is -2.48. The zero-order valence-corrected chi connectivity index (χ0v) is 12.9. The van der Waals surface area contributed by atoms with Gasteiger partial charge in [-0.2, -0.15) is 0 Å². The minimum absolute atomic E-state index is 0.452. The SMILES string of the molecule is c1ccc(Cc2nnc(N3CCC4(CCN4)CC3)s2)cc1. The summed E-state index contributed by atoms with van der Waals surface area (Å²) in [6.07, 6.45) is 4.70. The van der Waals surface area contributed by atoms with Crippen molar-refractivity contribution in [2.75, 3.05) is 24.5 Å². The van der Waals surface area contributed by atoms with Crippen LogP contribution in [-0.2, 0) is 6.42 Å². The summed E-state index contributed by atoms with van der Waals surface area (Å²) in [5.74, 6) is 0. The Morgan fingerprint density at radius 1 is 1.10 bits per heavy atom. The zero-order chi connectivity index (χ0) is 14.1. The fourth-order valence-electron chi connectivity index (χ4n) is 3.25. The molecule has 4 rings (SSSR count). The molecule has 4 nitrogen and oxygen atoms in total. The molecule has 110 valence electrons. The Labute approximate surface area is 129 Å². The average molecular weight is 300 g/mol. The highest BCUT2D eigenvalue weighted by Gasteiger charge is 2.39. The van der Waals surface area contributed by atoms with E-state index >= 15 is 0 Å². The second-order valence-electron chi connectivity index (χ2n) is 6.08. The summed E-state index contributed by atoms with van der Waals surface area (Å²) in [7, 11) is 0. The second-order valence-corrected chi connectivity index (χ2v) is 7.13. The Hall–Kier alpha value is -1.46. The minimum Gasteiger partial charge on any atom is -0.347 e. The normalized spacial score (nSPS) is 20.5. The molecule has 5 heteroatoms. The largest absolute Gasteiger partial charge is 0.347 e. The molecular weight excluding hydrogens is 280 g/mol. The highest BCUT2D eigenvalue weighted by Crippen LogP contribution is 2.34. The maximum atomic E-state index is 4.40. The molecule has 2 fully saturated rings. The van der Waals surface area contributed by atoms with Crippen molar-refractivity contribution in [2.45, 2.75) is 31.2 Å². The molecule has 0 unspecified atom stereocenters. The molecule has 2 aliphatic heterocycles. The van der Waals surface area contributed by atoms with Gasteiger partial charge < -0.3 is 10.2 Å². The van der Waals surface area contributed by atoms with Gasteiger partial charge in [-0.25, -0.2) is 0 Å². The molecule has 1 spiro atoms. The van der Waals surface area contributed by atoms with Crippen LogP contribution in [0.4, 0.5) is 5.13 Å². The van der Waals surface area contributed by atoms with E-state index in [9.17, 15) is 0 Å². The number of hydrogen-bond donors (Lipinski definition) is 1. The Kier molecular flexibility index (Phi) is 3.39. The first-order chi connectivity index (χ1) is 10.3. The molecular formula is C16H20N4S. The van der Waals surface area contributed by atoms with E-state index in [4.69, 9.17) is 0 Å². The molecule has 0 atom stereocenters. The van der Waals surface area contributed by atoms with Crippen LogP contribution in [0.2, 0.25) is 0 Å². The van der Waals surface area contributed by atoms with Crippen LogP contribution in [0.15, 0.2) is 30.3 Å². The Bertz CT molecular complexity index is 596. The van der Waals surface area contributed by atoms with Gasteiger partial charge in [-0.05, 0) is 31.4 Å². The highest BCUT2D eigenvalue weighted by molar-refractivity contribution is 7.15. The van der Waals surface area contributed by atoms with Crippen LogP contribution in [0.1, 0.15) is 29.8 Å². The maximum Gasteiger partial charge on any atom is 0.208 e. The van der Waals surface area contributed by atoms with Gasteiger partial charge in [0.25, 0.3) is 0 Å². The van der Waals surface area contributed by atoms with Gasteiger partial charge >= 0.3 is 0 Å². The van der Waals surface area contributed by atoms with Crippen molar-refractivity contribution in [3.63, 3.8) is 0 Å². The Morgan fingerprint density at radius 2 is 1.86 bits per heavy atom. The molecule has 0 bridgehead atoms. The van der Waals surface area contributed by atoms with Crippen molar-refractivity contribution in [3.8, 4) is 0 Å². The van der Waals surface area contributed by atoms with E-state index < -0.39 is 0 Å². The van der Waals surface area contributed by atoms with Gasteiger partial charge in [-0.3, -0.25) is 0 Å². The van der Waals surface area contributed by atoms with E-state index in [1.54, 1.807) is 11.3 Å². The molecule has 2 saturated heterocycles. The number of benzene rings is 1. The van der Waals surface area contributed by atoms with Crippen LogP contribution in [0.5, 0.6) is 0 Å². The van der Waals surface area contributed by atoms with Crippen LogP contribution in [0, 0.1) is 0 Å². The van der Waals surface area contributed by atoms with Crippen LogP contribution < -0.4 is 10.2 Å². The van der Waals surface area contributed by atoms with Crippen LogP contribution in [0.3, 0.4) is 0 Å². The molecule has 2 aromatic rings. The smallest absolute Gasteiger partial charge is 0.208 e. The first kappa shape index (κ1) is 13.2. The van der Waals surface area contributed by atoms with Gasteiger partial charge in [0.15, 0.2) is 0 Å². The third kappa shape index (κ3) is 2.68. The van der Waals surface area contributed by atoms with Crippen molar-refractivity contribution >= 4 is 16.5 Å². The number of aromatic nitrogens is 2. The molecule has 0 aliphatic carbocycles. The molecule has 1 aromatic heterocycles. The van der Waals surface area contributed by atoms with Gasteiger partial charge in [-0.15, -0.1) is 10.2 Å². The zero-order valence-electron chi connectivity index (χ0n) is 12.1.